The van der Waals surface area contributed by atoms with Crippen molar-refractivity contribution in [2.45, 2.75) is 51.2 Å². The molecule has 2 heterocycles. The summed E-state index contributed by atoms with van der Waals surface area (Å²) in [4.78, 5) is 16.6. The fraction of sp³-hybridized carbons (Fsp3) is 0.682. The number of amides is 1. The van der Waals surface area contributed by atoms with Crippen molar-refractivity contribution in [3.8, 4) is 11.5 Å². The Balaban J connectivity index is 1.17. The first kappa shape index (κ1) is 20.3. The van der Waals surface area contributed by atoms with Gasteiger partial charge in [-0.3, -0.25) is 9.69 Å². The number of hydrogen-bond donors (Lipinski definition) is 2. The van der Waals surface area contributed by atoms with E-state index in [0.29, 0.717) is 6.79 Å². The van der Waals surface area contributed by atoms with Crippen LogP contribution in [-0.2, 0) is 4.79 Å². The van der Waals surface area contributed by atoms with E-state index in [1.54, 1.807) is 0 Å². The Hall–Kier alpha value is -1.99. The number of carbonyl (C=O) groups excluding carboxylic acids is 1. The van der Waals surface area contributed by atoms with E-state index in [1.165, 1.54) is 13.3 Å². The van der Waals surface area contributed by atoms with Crippen LogP contribution in [-0.4, -0.2) is 67.6 Å². The summed E-state index contributed by atoms with van der Waals surface area (Å²) in [6, 6.07) is 6.36. The first-order valence-corrected chi connectivity index (χ1v) is 10.9. The third-order valence-electron chi connectivity index (χ3n) is 6.51. The lowest BCUT2D eigenvalue weighted by Gasteiger charge is -2.37. The van der Waals surface area contributed by atoms with Crippen LogP contribution in [0.2, 0.25) is 0 Å². The van der Waals surface area contributed by atoms with Gasteiger partial charge in [0.15, 0.2) is 11.5 Å². The molecule has 7 nitrogen and oxygen atoms in total. The monoisotopic (exact) mass is 403 g/mol. The second-order valence-corrected chi connectivity index (χ2v) is 8.53. The molecule has 0 aromatic heterocycles. The van der Waals surface area contributed by atoms with Crippen molar-refractivity contribution in [1.29, 1.82) is 0 Å². The molecule has 1 saturated heterocycles. The van der Waals surface area contributed by atoms with E-state index in [1.807, 2.05) is 12.1 Å². The van der Waals surface area contributed by atoms with Crippen molar-refractivity contribution in [3.63, 3.8) is 0 Å². The summed E-state index contributed by atoms with van der Waals surface area (Å²) in [7, 11) is 0. The third kappa shape index (κ3) is 4.95. The summed E-state index contributed by atoms with van der Waals surface area (Å²) in [5, 5.41) is 12.3. The molecule has 0 radical (unpaired) electrons. The Kier molecular flexibility index (Phi) is 6.45. The highest BCUT2D eigenvalue weighted by molar-refractivity contribution is 5.80. The Labute approximate surface area is 173 Å². The number of aliphatic hydroxyl groups is 1. The van der Waals surface area contributed by atoms with Gasteiger partial charge in [0.1, 0.15) is 6.10 Å². The number of hydrogen-bond acceptors (Lipinski definition) is 6. The van der Waals surface area contributed by atoms with E-state index in [-0.39, 0.29) is 11.9 Å². The molecule has 0 unspecified atom stereocenters. The zero-order valence-corrected chi connectivity index (χ0v) is 17.3. The lowest BCUT2D eigenvalue weighted by Crippen LogP contribution is -2.47. The summed E-state index contributed by atoms with van der Waals surface area (Å²) in [5.41, 5.74) is 1.15. The number of rotatable bonds is 6. The lowest BCUT2D eigenvalue weighted by atomic mass is 9.84. The quantitative estimate of drug-likeness (QED) is 0.757. The van der Waals surface area contributed by atoms with Gasteiger partial charge >= 0.3 is 0 Å². The minimum absolute atomic E-state index is 0.232. The van der Waals surface area contributed by atoms with Gasteiger partial charge in [-0.25, -0.2) is 0 Å². The van der Waals surface area contributed by atoms with Crippen LogP contribution >= 0.6 is 0 Å². The van der Waals surface area contributed by atoms with Crippen molar-refractivity contribution in [3.05, 3.63) is 18.2 Å². The summed E-state index contributed by atoms with van der Waals surface area (Å²) >= 11 is 0. The number of aliphatic hydroxyl groups excluding tert-OH is 1. The molecule has 1 atom stereocenters. The number of nitrogens with zero attached hydrogens (tertiary/aromatic N) is 2. The largest absolute Gasteiger partial charge is 0.454 e. The molecule has 0 spiro atoms. The molecule has 1 amide bonds. The zero-order chi connectivity index (χ0) is 20.2. The molecule has 29 heavy (non-hydrogen) atoms. The van der Waals surface area contributed by atoms with Crippen LogP contribution in [0.1, 0.15) is 39.0 Å². The minimum Gasteiger partial charge on any atom is -0.454 e. The molecule has 1 aliphatic carbocycles. The van der Waals surface area contributed by atoms with E-state index < -0.39 is 6.10 Å². The molecule has 3 aliphatic rings. The fourth-order valence-electron chi connectivity index (χ4n) is 4.66. The average molecular weight is 404 g/mol. The van der Waals surface area contributed by atoms with Crippen LogP contribution < -0.4 is 19.7 Å². The molecule has 2 aliphatic heterocycles. The first-order chi connectivity index (χ1) is 14.1. The normalized spacial score (nSPS) is 25.7. The Morgan fingerprint density at radius 3 is 2.66 bits per heavy atom. The highest BCUT2D eigenvalue weighted by Crippen LogP contribution is 2.41. The Morgan fingerprint density at radius 2 is 1.93 bits per heavy atom. The molecule has 1 aromatic rings. The number of anilines is 1. The summed E-state index contributed by atoms with van der Waals surface area (Å²) < 4.78 is 11.2. The zero-order valence-electron chi connectivity index (χ0n) is 17.3. The topological polar surface area (TPSA) is 74.3 Å². The molecule has 2 fully saturated rings. The van der Waals surface area contributed by atoms with Crippen molar-refractivity contribution in [2.75, 3.05) is 44.4 Å². The van der Waals surface area contributed by atoms with Crippen molar-refractivity contribution < 1.29 is 19.4 Å². The fourth-order valence-corrected chi connectivity index (χ4v) is 4.66. The van der Waals surface area contributed by atoms with Crippen molar-refractivity contribution in [2.24, 2.45) is 5.92 Å². The van der Waals surface area contributed by atoms with Crippen molar-refractivity contribution in [1.82, 2.24) is 10.2 Å². The van der Waals surface area contributed by atoms with E-state index >= 15 is 0 Å². The number of para-hydroxylation sites is 1. The molecular weight excluding hydrogens is 370 g/mol. The van der Waals surface area contributed by atoms with E-state index in [9.17, 15) is 9.90 Å². The second kappa shape index (κ2) is 9.22. The Bertz CT molecular complexity index is 695. The van der Waals surface area contributed by atoms with Gasteiger partial charge in [-0.05, 0) is 63.6 Å². The molecule has 1 aromatic carbocycles. The molecule has 7 heteroatoms. The van der Waals surface area contributed by atoms with Gasteiger partial charge < -0.3 is 24.8 Å². The summed E-state index contributed by atoms with van der Waals surface area (Å²) in [6.07, 6.45) is 4.70. The van der Waals surface area contributed by atoms with Gasteiger partial charge in [0.25, 0.3) is 0 Å². The predicted octanol–water partition coefficient (Wildman–Crippen LogP) is 1.98. The molecule has 1 saturated carbocycles. The Morgan fingerprint density at radius 1 is 1.17 bits per heavy atom. The highest BCUT2D eigenvalue weighted by Gasteiger charge is 2.26. The van der Waals surface area contributed by atoms with Crippen LogP contribution in [0.25, 0.3) is 0 Å². The number of nitrogens with one attached hydrogen (secondary N) is 1. The maximum atomic E-state index is 11.6. The van der Waals surface area contributed by atoms with E-state index in [2.05, 4.69) is 21.2 Å². The molecule has 0 bridgehead atoms. The van der Waals surface area contributed by atoms with E-state index in [0.717, 1.165) is 81.5 Å². The predicted molar refractivity (Wildman–Crippen MR) is 111 cm³/mol. The molecule has 160 valence electrons. The second-order valence-electron chi connectivity index (χ2n) is 8.53. The van der Waals surface area contributed by atoms with Crippen LogP contribution in [0.15, 0.2) is 18.2 Å². The smallest absolute Gasteiger partial charge is 0.248 e. The average Bonchev–Trinajstić information content (AvgIpc) is 3.22. The number of fused-ring (bicyclic) bond motifs is 1. The number of carbonyl (C=O) groups is 1. The number of benzene rings is 1. The number of ether oxygens (including phenoxy) is 2. The standard InChI is InChI=1S/C22H33N3O4/c1-16(26)22(27)23-18-7-5-17(6-8-18)9-10-24-11-13-25(14-12-24)19-3-2-4-20-21(19)29-15-28-20/h2-4,16-18,26H,5-15H2,1H3,(H,23,27)/t16-,17-,18-/m1/s1. The van der Waals surface area contributed by atoms with Crippen molar-refractivity contribution >= 4 is 11.6 Å². The van der Waals surface area contributed by atoms with Gasteiger partial charge in [-0.2, -0.15) is 0 Å². The van der Waals surface area contributed by atoms with Crippen LogP contribution in [0.4, 0.5) is 5.69 Å². The number of piperazine rings is 1. The summed E-state index contributed by atoms with van der Waals surface area (Å²) in [6.45, 7) is 7.16. The summed E-state index contributed by atoms with van der Waals surface area (Å²) in [5.74, 6) is 2.24. The van der Waals surface area contributed by atoms with Gasteiger partial charge in [0, 0.05) is 32.2 Å². The van der Waals surface area contributed by atoms with E-state index in [4.69, 9.17) is 9.47 Å². The maximum absolute atomic E-state index is 11.6. The SMILES string of the molecule is C[C@@H](O)C(=O)N[C@H]1CC[C@H](CCN2CCN(c3cccc4c3OCO4)CC2)CC1. The molecule has 4 rings (SSSR count). The van der Waals surface area contributed by atoms with Crippen LogP contribution in [0.5, 0.6) is 11.5 Å². The van der Waals surface area contributed by atoms with Crippen LogP contribution in [0.3, 0.4) is 0 Å². The van der Waals surface area contributed by atoms with Gasteiger partial charge in [-0.15, -0.1) is 0 Å². The lowest BCUT2D eigenvalue weighted by molar-refractivity contribution is -0.129. The molecular formula is C22H33N3O4. The maximum Gasteiger partial charge on any atom is 0.248 e. The van der Waals surface area contributed by atoms with Gasteiger partial charge in [-0.1, -0.05) is 6.07 Å². The minimum atomic E-state index is -0.914. The van der Waals surface area contributed by atoms with Gasteiger partial charge in [0.2, 0.25) is 12.7 Å². The molecule has 2 N–H and O–H groups in total. The highest BCUT2D eigenvalue weighted by atomic mass is 16.7. The van der Waals surface area contributed by atoms with Crippen LogP contribution in [0, 0.1) is 5.92 Å². The first-order valence-electron chi connectivity index (χ1n) is 10.9. The third-order valence-corrected chi connectivity index (χ3v) is 6.51. The van der Waals surface area contributed by atoms with Gasteiger partial charge in [0.05, 0.1) is 5.69 Å².